The monoisotopic (exact) mass is 1140 g/mol. The molecule has 0 heterocycles. The maximum Gasteiger partial charge on any atom is 0.306 e. The van der Waals surface area contributed by atoms with Crippen molar-refractivity contribution in [2.75, 3.05) is 13.2 Å². The van der Waals surface area contributed by atoms with Gasteiger partial charge in [0, 0.05) is 19.3 Å². The number of hydrogen-bond acceptors (Lipinski definition) is 6. The van der Waals surface area contributed by atoms with Crippen LogP contribution in [0.2, 0.25) is 0 Å². The number of rotatable bonds is 62. The van der Waals surface area contributed by atoms with Crippen LogP contribution in [0, 0.1) is 0 Å². The van der Waals surface area contributed by atoms with Gasteiger partial charge in [-0.25, -0.2) is 0 Å². The lowest BCUT2D eigenvalue weighted by atomic mass is 10.0. The van der Waals surface area contributed by atoms with Gasteiger partial charge in [-0.15, -0.1) is 0 Å². The Kier molecular flexibility index (Phi) is 65.8. The maximum absolute atomic E-state index is 12.9. The molecule has 0 spiro atoms. The lowest BCUT2D eigenvalue weighted by Gasteiger charge is -2.18. The molecule has 0 N–H and O–H groups in total. The number of allylic oxidation sites excluding steroid dienone is 20. The lowest BCUT2D eigenvalue weighted by molar-refractivity contribution is -0.167. The highest BCUT2D eigenvalue weighted by Crippen LogP contribution is 2.16. The molecule has 0 bridgehead atoms. The molecule has 0 aromatic carbocycles. The molecule has 0 saturated carbocycles. The summed E-state index contributed by atoms with van der Waals surface area (Å²) in [6.07, 6.45) is 96.5. The summed E-state index contributed by atoms with van der Waals surface area (Å²) in [7, 11) is 0. The Morgan fingerprint density at radius 1 is 0.256 bits per heavy atom. The molecule has 0 aromatic heterocycles. The zero-order chi connectivity index (χ0) is 59.2. The van der Waals surface area contributed by atoms with Gasteiger partial charge in [-0.05, 0) is 116 Å². The standard InChI is InChI=1S/C76H128O6/c1-4-7-10-13-16-19-22-25-27-29-31-33-35-37-38-40-41-43-45-47-49-51-54-57-60-63-66-69-75(78)81-72-73(71-80-74(77)68-65-62-59-56-53-24-21-18-15-12-9-6-3)82-76(79)70-67-64-61-58-55-52-50-48-46-44-42-39-36-34-32-30-28-26-23-20-17-14-11-8-5-2/h7,10,16,19,23,25-27,30-33,37-38,41,43,47,49,54,57,73H,4-6,8-9,11-15,17-18,20-22,24,28-29,34-36,39-40,42,44-46,48,50-53,55-56,58-72H2,1-3H3/b10-7-,19-16-,26-23-,27-25-,32-30-,33-31-,38-37-,43-41-,49-47-,57-54-. The van der Waals surface area contributed by atoms with E-state index in [0.717, 1.165) is 116 Å². The van der Waals surface area contributed by atoms with Crippen molar-refractivity contribution in [3.05, 3.63) is 122 Å². The molecule has 0 amide bonds. The molecule has 0 fully saturated rings. The molecule has 0 aliphatic rings. The third-order valence-corrected chi connectivity index (χ3v) is 14.7. The molecule has 6 heteroatoms. The minimum Gasteiger partial charge on any atom is -0.462 e. The number of esters is 3. The van der Waals surface area contributed by atoms with E-state index >= 15 is 0 Å². The molecule has 0 radical (unpaired) electrons. The fraction of sp³-hybridized carbons (Fsp3) is 0.697. The van der Waals surface area contributed by atoms with E-state index < -0.39 is 6.10 Å². The summed E-state index contributed by atoms with van der Waals surface area (Å²) < 4.78 is 16.9. The summed E-state index contributed by atoms with van der Waals surface area (Å²) in [5.74, 6) is -0.928. The van der Waals surface area contributed by atoms with Crippen LogP contribution in [0.25, 0.3) is 0 Å². The fourth-order valence-corrected chi connectivity index (χ4v) is 9.55. The third-order valence-electron chi connectivity index (χ3n) is 14.7. The summed E-state index contributed by atoms with van der Waals surface area (Å²) >= 11 is 0. The first-order valence-corrected chi connectivity index (χ1v) is 34.5. The number of ether oxygens (including phenoxy) is 3. The van der Waals surface area contributed by atoms with Crippen LogP contribution in [0.15, 0.2) is 122 Å². The topological polar surface area (TPSA) is 78.9 Å². The maximum atomic E-state index is 12.9. The molecule has 1 atom stereocenters. The van der Waals surface area contributed by atoms with Gasteiger partial charge in [0.25, 0.3) is 0 Å². The van der Waals surface area contributed by atoms with E-state index in [1.165, 1.54) is 167 Å². The van der Waals surface area contributed by atoms with Gasteiger partial charge in [-0.3, -0.25) is 14.4 Å². The van der Waals surface area contributed by atoms with E-state index in [4.69, 9.17) is 14.2 Å². The van der Waals surface area contributed by atoms with Crippen molar-refractivity contribution in [1.82, 2.24) is 0 Å². The molecule has 0 saturated heterocycles. The Labute approximate surface area is 507 Å². The van der Waals surface area contributed by atoms with E-state index in [1.54, 1.807) is 0 Å². The Balaban J connectivity index is 4.37. The minimum atomic E-state index is -0.799. The van der Waals surface area contributed by atoms with Crippen LogP contribution in [-0.4, -0.2) is 37.2 Å². The molecule has 0 rings (SSSR count). The number of unbranched alkanes of at least 4 members (excludes halogenated alkanes) is 31. The van der Waals surface area contributed by atoms with Crippen LogP contribution in [-0.2, 0) is 28.6 Å². The average molecular weight is 1140 g/mol. The van der Waals surface area contributed by atoms with Crippen molar-refractivity contribution in [3.8, 4) is 0 Å². The van der Waals surface area contributed by atoms with E-state index in [1.807, 2.05) is 0 Å². The first-order chi connectivity index (χ1) is 40.5. The second-order valence-electron chi connectivity index (χ2n) is 22.7. The van der Waals surface area contributed by atoms with Gasteiger partial charge in [0.1, 0.15) is 13.2 Å². The van der Waals surface area contributed by atoms with E-state index in [0.29, 0.717) is 19.3 Å². The van der Waals surface area contributed by atoms with E-state index in [2.05, 4.69) is 142 Å². The van der Waals surface area contributed by atoms with Gasteiger partial charge in [0.2, 0.25) is 0 Å². The van der Waals surface area contributed by atoms with Crippen molar-refractivity contribution < 1.29 is 28.6 Å². The lowest BCUT2D eigenvalue weighted by Crippen LogP contribution is -2.30. The summed E-state index contributed by atoms with van der Waals surface area (Å²) in [6.45, 7) is 6.50. The molecular formula is C76H128O6. The van der Waals surface area contributed by atoms with Gasteiger partial charge in [0.15, 0.2) is 6.10 Å². The van der Waals surface area contributed by atoms with Crippen LogP contribution >= 0.6 is 0 Å². The van der Waals surface area contributed by atoms with E-state index in [9.17, 15) is 14.4 Å². The summed E-state index contributed by atoms with van der Waals surface area (Å²) in [4.78, 5) is 38.4. The van der Waals surface area contributed by atoms with Crippen LogP contribution in [0.1, 0.15) is 323 Å². The van der Waals surface area contributed by atoms with Crippen LogP contribution in [0.4, 0.5) is 0 Å². The Morgan fingerprint density at radius 3 is 0.768 bits per heavy atom. The zero-order valence-corrected chi connectivity index (χ0v) is 53.7. The predicted molar refractivity (Wildman–Crippen MR) is 357 cm³/mol. The van der Waals surface area contributed by atoms with Crippen molar-refractivity contribution in [2.45, 2.75) is 329 Å². The zero-order valence-electron chi connectivity index (χ0n) is 53.7. The highest BCUT2D eigenvalue weighted by Gasteiger charge is 2.19. The predicted octanol–water partition coefficient (Wildman–Crippen LogP) is 23.9. The van der Waals surface area contributed by atoms with Crippen LogP contribution in [0.5, 0.6) is 0 Å². The number of carbonyl (C=O) groups is 3. The highest BCUT2D eigenvalue weighted by atomic mass is 16.6. The van der Waals surface area contributed by atoms with Crippen LogP contribution < -0.4 is 0 Å². The largest absolute Gasteiger partial charge is 0.462 e. The highest BCUT2D eigenvalue weighted by molar-refractivity contribution is 5.71. The van der Waals surface area contributed by atoms with Crippen molar-refractivity contribution in [1.29, 1.82) is 0 Å². The molecule has 0 aliphatic carbocycles. The number of hydrogen-bond donors (Lipinski definition) is 0. The van der Waals surface area contributed by atoms with Crippen molar-refractivity contribution in [3.63, 3.8) is 0 Å². The Hall–Kier alpha value is -4.19. The van der Waals surface area contributed by atoms with Gasteiger partial charge in [0.05, 0.1) is 0 Å². The first-order valence-electron chi connectivity index (χ1n) is 34.5. The average Bonchev–Trinajstić information content (AvgIpc) is 3.47. The normalized spacial score (nSPS) is 12.9. The van der Waals surface area contributed by atoms with Crippen molar-refractivity contribution >= 4 is 17.9 Å². The molecule has 1 unspecified atom stereocenters. The van der Waals surface area contributed by atoms with Crippen LogP contribution in [0.3, 0.4) is 0 Å². The summed E-state index contributed by atoms with van der Waals surface area (Å²) in [5, 5.41) is 0. The van der Waals surface area contributed by atoms with E-state index in [-0.39, 0.29) is 31.1 Å². The third kappa shape index (κ3) is 66.6. The second kappa shape index (κ2) is 69.3. The van der Waals surface area contributed by atoms with Gasteiger partial charge in [-0.2, -0.15) is 0 Å². The number of carbonyl (C=O) groups excluding carboxylic acids is 3. The Bertz CT molecular complexity index is 1690. The minimum absolute atomic E-state index is 0.0913. The Morgan fingerprint density at radius 2 is 0.476 bits per heavy atom. The van der Waals surface area contributed by atoms with Gasteiger partial charge >= 0.3 is 17.9 Å². The molecule has 0 aromatic rings. The first kappa shape index (κ1) is 77.8. The summed E-state index contributed by atoms with van der Waals surface area (Å²) in [5.41, 5.74) is 0. The fourth-order valence-electron chi connectivity index (χ4n) is 9.55. The molecule has 0 aliphatic heterocycles. The van der Waals surface area contributed by atoms with Gasteiger partial charge in [-0.1, -0.05) is 309 Å². The second-order valence-corrected chi connectivity index (χ2v) is 22.7. The molecule has 6 nitrogen and oxygen atoms in total. The molecular weight excluding hydrogens is 1010 g/mol. The quantitative estimate of drug-likeness (QED) is 0.0261. The van der Waals surface area contributed by atoms with Crippen molar-refractivity contribution in [2.24, 2.45) is 0 Å². The smallest absolute Gasteiger partial charge is 0.306 e. The SMILES string of the molecule is CC/C=C\C/C=C\C/C=C\C/C=C\C/C=C\C/C=C\C/C=C\C/C=C\CCCCC(=O)OCC(COC(=O)CCCCCCCCCCCCCC)OC(=O)CCCCCCCCCCCCCCC/C=C\C/C=C\CCCCCCC. The van der Waals surface area contributed by atoms with Gasteiger partial charge < -0.3 is 14.2 Å². The molecule has 82 heavy (non-hydrogen) atoms. The summed E-state index contributed by atoms with van der Waals surface area (Å²) in [6, 6.07) is 0. The molecule has 468 valence electrons.